The monoisotopic (exact) mass is 707 g/mol. The summed E-state index contributed by atoms with van der Waals surface area (Å²) in [6, 6.07) is 56.8. The van der Waals surface area contributed by atoms with Crippen molar-refractivity contribution in [2.75, 3.05) is 0 Å². The number of hydrogen-bond acceptors (Lipinski definition) is 6. The Kier molecular flexibility index (Phi) is 8.67. The van der Waals surface area contributed by atoms with Crippen molar-refractivity contribution in [2.24, 2.45) is 0 Å². The summed E-state index contributed by atoms with van der Waals surface area (Å²) in [5.74, 6) is 1.62. The summed E-state index contributed by atoms with van der Waals surface area (Å²) in [5.41, 5.74) is 2.60. The number of rotatable bonds is 11. The minimum atomic E-state index is -4.01. The molecule has 250 valence electrons. The molecule has 0 amide bonds. The molecule has 0 atom stereocenters. The van der Waals surface area contributed by atoms with Gasteiger partial charge in [0.15, 0.2) is 0 Å². The Bertz CT molecular complexity index is 2280. The fourth-order valence-corrected chi connectivity index (χ4v) is 9.11. The van der Waals surface area contributed by atoms with E-state index >= 15 is 0 Å². The quantitative estimate of drug-likeness (QED) is 0.125. The first-order chi connectivity index (χ1) is 25.0. The van der Waals surface area contributed by atoms with Gasteiger partial charge in [-0.3, -0.25) is 0 Å². The summed E-state index contributed by atoms with van der Waals surface area (Å²) in [4.78, 5) is 0. The average Bonchev–Trinajstić information content (AvgIpc) is 3.50. The number of nitrogens with zero attached hydrogens (tertiary/aromatic N) is 1. The summed E-state index contributed by atoms with van der Waals surface area (Å²) in [7, 11) is -8.02. The largest absolute Gasteiger partial charge is 0.462 e. The molecular weight excluding hydrogens is 676 g/mol. The summed E-state index contributed by atoms with van der Waals surface area (Å²) in [6.07, 6.45) is 0. The molecule has 1 aromatic heterocycles. The van der Waals surface area contributed by atoms with Gasteiger partial charge in [-0.2, -0.15) is 0 Å². The third kappa shape index (κ3) is 6.65. The van der Waals surface area contributed by atoms with Crippen LogP contribution in [0.2, 0.25) is 0 Å². The molecule has 0 aliphatic heterocycles. The molecule has 7 aromatic carbocycles. The van der Waals surface area contributed by atoms with Gasteiger partial charge in [-0.1, -0.05) is 91.0 Å². The maximum atomic E-state index is 14.9. The van der Waals surface area contributed by atoms with Gasteiger partial charge in [0.1, 0.15) is 23.0 Å². The van der Waals surface area contributed by atoms with E-state index < -0.39 is 15.2 Å². The summed E-state index contributed by atoms with van der Waals surface area (Å²) >= 11 is 0. The molecule has 0 saturated heterocycles. The molecule has 0 fully saturated rings. The zero-order chi connectivity index (χ0) is 34.7. The molecule has 0 unspecified atom stereocenters. The van der Waals surface area contributed by atoms with Crippen LogP contribution in [-0.2, 0) is 9.13 Å². The Morgan fingerprint density at radius 2 is 0.647 bits per heavy atom. The van der Waals surface area contributed by atoms with Crippen LogP contribution in [0.25, 0.3) is 27.5 Å². The zero-order valence-electron chi connectivity index (χ0n) is 27.2. The van der Waals surface area contributed by atoms with Crippen LogP contribution in [0.3, 0.4) is 0 Å². The fraction of sp³-hybridized carbons (Fsp3) is 0. The standard InChI is InChI=1S/C42H31NO6P2/c44-50(46-33-18-8-2-9-19-33,47-34-20-10-3-11-21-34)37-26-28-41-39(30-37)40-31-38(27-29-42(40)43(41)32-16-6-1-7-17-32)51(45,48-35-22-12-4-13-23-35)49-36-24-14-5-15-25-36/h1-31H. The number of benzene rings is 7. The fourth-order valence-electron chi connectivity index (χ4n) is 5.92. The van der Waals surface area contributed by atoms with E-state index in [0.29, 0.717) is 33.6 Å². The highest BCUT2D eigenvalue weighted by Crippen LogP contribution is 2.50. The Hall–Kier alpha value is -6.00. The number of para-hydroxylation sites is 5. The van der Waals surface area contributed by atoms with Gasteiger partial charge < -0.3 is 22.7 Å². The molecule has 9 heteroatoms. The summed E-state index contributed by atoms with van der Waals surface area (Å²) < 4.78 is 56.7. The lowest BCUT2D eigenvalue weighted by Gasteiger charge is -2.21. The number of aromatic nitrogens is 1. The van der Waals surface area contributed by atoms with Crippen molar-refractivity contribution in [1.29, 1.82) is 0 Å². The van der Waals surface area contributed by atoms with E-state index in [0.717, 1.165) is 27.5 Å². The molecule has 0 spiro atoms. The van der Waals surface area contributed by atoms with Crippen molar-refractivity contribution in [2.45, 2.75) is 0 Å². The van der Waals surface area contributed by atoms with Gasteiger partial charge in [-0.15, -0.1) is 0 Å². The average molecular weight is 708 g/mol. The van der Waals surface area contributed by atoms with Gasteiger partial charge >= 0.3 is 15.2 Å². The van der Waals surface area contributed by atoms with Gasteiger partial charge in [0.05, 0.1) is 21.6 Å². The second-order valence-corrected chi connectivity index (χ2v) is 15.4. The van der Waals surface area contributed by atoms with E-state index in [1.165, 1.54) is 0 Å². The van der Waals surface area contributed by atoms with Gasteiger partial charge in [0.2, 0.25) is 0 Å². The van der Waals surface area contributed by atoms with Gasteiger partial charge in [0.25, 0.3) is 0 Å². The van der Waals surface area contributed by atoms with Crippen molar-refractivity contribution < 1.29 is 27.2 Å². The van der Waals surface area contributed by atoms with Crippen molar-refractivity contribution in [3.63, 3.8) is 0 Å². The lowest BCUT2D eigenvalue weighted by atomic mass is 10.1. The van der Waals surface area contributed by atoms with E-state index in [-0.39, 0.29) is 0 Å². The molecule has 8 aromatic rings. The Morgan fingerprint density at radius 1 is 0.353 bits per heavy atom. The third-order valence-electron chi connectivity index (χ3n) is 8.25. The van der Waals surface area contributed by atoms with Gasteiger partial charge in [0, 0.05) is 16.5 Å². The minimum Gasteiger partial charge on any atom is -0.413 e. The zero-order valence-corrected chi connectivity index (χ0v) is 29.0. The number of hydrogen-bond donors (Lipinski definition) is 0. The molecular formula is C42H31NO6P2. The first-order valence-corrected chi connectivity index (χ1v) is 19.4. The minimum absolute atomic E-state index is 0.351. The Balaban J connectivity index is 1.33. The van der Waals surface area contributed by atoms with Crippen molar-refractivity contribution >= 4 is 47.6 Å². The normalized spacial score (nSPS) is 11.7. The summed E-state index contributed by atoms with van der Waals surface area (Å²) in [5, 5.41) is 2.19. The van der Waals surface area contributed by atoms with Crippen molar-refractivity contribution in [3.8, 4) is 28.7 Å². The van der Waals surface area contributed by atoms with Crippen molar-refractivity contribution in [3.05, 3.63) is 188 Å². The summed E-state index contributed by atoms with van der Waals surface area (Å²) in [6.45, 7) is 0. The number of fused-ring (bicyclic) bond motifs is 3. The highest BCUT2D eigenvalue weighted by Gasteiger charge is 2.34. The molecule has 8 rings (SSSR count). The predicted octanol–water partition coefficient (Wildman–Crippen LogP) is 10.7. The van der Waals surface area contributed by atoms with E-state index in [9.17, 15) is 9.13 Å². The Labute approximate surface area is 295 Å². The second-order valence-electron chi connectivity index (χ2n) is 11.7. The van der Waals surface area contributed by atoms with Crippen LogP contribution in [0.1, 0.15) is 0 Å². The Morgan fingerprint density at radius 3 is 0.961 bits per heavy atom. The first-order valence-electron chi connectivity index (χ1n) is 16.3. The predicted molar refractivity (Wildman–Crippen MR) is 204 cm³/mol. The van der Waals surface area contributed by atoms with E-state index in [4.69, 9.17) is 18.1 Å². The lowest BCUT2D eigenvalue weighted by Crippen LogP contribution is -2.15. The molecule has 1 heterocycles. The van der Waals surface area contributed by atoms with Crippen molar-refractivity contribution in [1.82, 2.24) is 4.57 Å². The molecule has 0 radical (unpaired) electrons. The smallest absolute Gasteiger partial charge is 0.413 e. The molecule has 0 bridgehead atoms. The third-order valence-corrected chi connectivity index (χ3v) is 11.9. The lowest BCUT2D eigenvalue weighted by molar-refractivity contribution is 0.398. The van der Waals surface area contributed by atoms with Gasteiger partial charge in [-0.05, 0) is 97.1 Å². The second kappa shape index (κ2) is 13.7. The van der Waals surface area contributed by atoms with Crippen LogP contribution < -0.4 is 28.7 Å². The van der Waals surface area contributed by atoms with Crippen LogP contribution >= 0.6 is 15.2 Å². The van der Waals surface area contributed by atoms with Crippen LogP contribution in [0.15, 0.2) is 188 Å². The highest BCUT2D eigenvalue weighted by atomic mass is 31.2. The topological polar surface area (TPSA) is 76.0 Å². The molecule has 7 nitrogen and oxygen atoms in total. The van der Waals surface area contributed by atoms with Crippen LogP contribution in [0.5, 0.6) is 23.0 Å². The first kappa shape index (κ1) is 32.2. The van der Waals surface area contributed by atoms with Crippen LogP contribution in [-0.4, -0.2) is 4.57 Å². The van der Waals surface area contributed by atoms with Crippen LogP contribution in [0.4, 0.5) is 0 Å². The van der Waals surface area contributed by atoms with Crippen LogP contribution in [0, 0.1) is 0 Å². The molecule has 0 aliphatic rings. The van der Waals surface area contributed by atoms with E-state index in [1.54, 1.807) is 60.7 Å². The van der Waals surface area contributed by atoms with E-state index in [1.807, 2.05) is 127 Å². The maximum absolute atomic E-state index is 14.9. The molecule has 0 saturated carbocycles. The molecule has 0 N–H and O–H groups in total. The molecule has 51 heavy (non-hydrogen) atoms. The maximum Gasteiger partial charge on any atom is 0.462 e. The SMILES string of the molecule is O=P(Oc1ccccc1)(Oc1ccccc1)c1ccc2c(c1)c1cc(P(=O)(Oc3ccccc3)Oc3ccccc3)ccc1n2-c1ccccc1. The van der Waals surface area contributed by atoms with E-state index in [2.05, 4.69) is 4.57 Å². The molecule has 0 aliphatic carbocycles. The highest BCUT2D eigenvalue weighted by molar-refractivity contribution is 7.63. The van der Waals surface area contributed by atoms with Gasteiger partial charge in [-0.25, -0.2) is 9.13 Å².